The lowest BCUT2D eigenvalue weighted by Crippen LogP contribution is -2.16. The van der Waals surface area contributed by atoms with Crippen LogP contribution in [-0.2, 0) is 0 Å². The lowest BCUT2D eigenvalue weighted by atomic mass is 10.0. The second kappa shape index (κ2) is 6.36. The summed E-state index contributed by atoms with van der Waals surface area (Å²) in [6.45, 7) is 0.429. The van der Waals surface area contributed by atoms with Gasteiger partial charge >= 0.3 is 0 Å². The average Bonchev–Trinajstić information content (AvgIpc) is 2.44. The highest BCUT2D eigenvalue weighted by atomic mass is 35.5. The Bertz CT molecular complexity index is 537. The van der Waals surface area contributed by atoms with E-state index in [9.17, 15) is 10.2 Å². The van der Waals surface area contributed by atoms with Crippen molar-refractivity contribution in [2.45, 2.75) is 5.92 Å². The molecule has 0 amide bonds. The molecule has 2 rings (SSSR count). The summed E-state index contributed by atoms with van der Waals surface area (Å²) in [5, 5.41) is 22.0. The molecule has 5 nitrogen and oxygen atoms in total. The van der Waals surface area contributed by atoms with Crippen molar-refractivity contribution in [3.63, 3.8) is 0 Å². The number of hydrogen-bond donors (Lipinski definition) is 3. The molecule has 0 radical (unpaired) electrons. The summed E-state index contributed by atoms with van der Waals surface area (Å²) in [5.74, 6) is 0.0953. The van der Waals surface area contributed by atoms with E-state index in [1.807, 2.05) is 30.3 Å². The smallest absolute Gasteiger partial charge is 0.224 e. The predicted molar refractivity (Wildman–Crippen MR) is 73.5 cm³/mol. The van der Waals surface area contributed by atoms with Gasteiger partial charge in [0.2, 0.25) is 5.28 Å². The first-order valence-electron chi connectivity index (χ1n) is 5.82. The summed E-state index contributed by atoms with van der Waals surface area (Å²) in [5.41, 5.74) is 1.01. The first-order valence-corrected chi connectivity index (χ1v) is 6.19. The monoisotopic (exact) mass is 279 g/mol. The van der Waals surface area contributed by atoms with E-state index >= 15 is 0 Å². The fraction of sp³-hybridized carbons (Fsp3) is 0.231. The van der Waals surface area contributed by atoms with E-state index in [-0.39, 0.29) is 29.4 Å². The molecule has 1 aromatic carbocycles. The minimum absolute atomic E-state index is 0.00338. The molecule has 2 aromatic rings. The summed E-state index contributed by atoms with van der Waals surface area (Å²) in [6, 6.07) is 9.63. The van der Waals surface area contributed by atoms with Gasteiger partial charge < -0.3 is 15.5 Å². The number of aromatic hydroxyl groups is 1. The quantitative estimate of drug-likeness (QED) is 0.730. The number of aliphatic hydroxyl groups excluding tert-OH is 1. The highest BCUT2D eigenvalue weighted by Gasteiger charge is 2.12. The van der Waals surface area contributed by atoms with Gasteiger partial charge in [-0.25, -0.2) is 4.98 Å². The van der Waals surface area contributed by atoms with Gasteiger partial charge in [0, 0.05) is 12.5 Å². The lowest BCUT2D eigenvalue weighted by molar-refractivity contribution is 0.270. The second-order valence-electron chi connectivity index (χ2n) is 4.04. The molecule has 0 bridgehead atoms. The molecule has 1 atom stereocenters. The van der Waals surface area contributed by atoms with E-state index in [4.69, 9.17) is 11.6 Å². The SMILES string of the molecule is OC[C@@H](CNc1nc(Cl)ncc1O)c1ccccc1. The van der Waals surface area contributed by atoms with Crippen molar-refractivity contribution in [1.82, 2.24) is 9.97 Å². The average molecular weight is 280 g/mol. The Morgan fingerprint density at radius 2 is 2.00 bits per heavy atom. The molecule has 0 spiro atoms. The molecule has 1 aromatic heterocycles. The summed E-state index contributed by atoms with van der Waals surface area (Å²) in [7, 11) is 0. The van der Waals surface area contributed by atoms with Crippen LogP contribution in [0, 0.1) is 0 Å². The molecule has 0 fully saturated rings. The number of halogens is 1. The molecular weight excluding hydrogens is 266 g/mol. The van der Waals surface area contributed by atoms with Crippen LogP contribution in [0.2, 0.25) is 5.28 Å². The maximum Gasteiger partial charge on any atom is 0.224 e. The maximum atomic E-state index is 9.58. The Hall–Kier alpha value is -1.85. The largest absolute Gasteiger partial charge is 0.503 e. The van der Waals surface area contributed by atoms with Gasteiger partial charge in [0.1, 0.15) is 0 Å². The molecule has 0 saturated carbocycles. The van der Waals surface area contributed by atoms with Crippen LogP contribution in [0.1, 0.15) is 11.5 Å². The van der Waals surface area contributed by atoms with Crippen LogP contribution < -0.4 is 5.32 Å². The van der Waals surface area contributed by atoms with Gasteiger partial charge in [0.15, 0.2) is 11.6 Å². The van der Waals surface area contributed by atoms with Crippen LogP contribution in [0.15, 0.2) is 36.5 Å². The fourth-order valence-corrected chi connectivity index (χ4v) is 1.85. The number of nitrogens with zero attached hydrogens (tertiary/aromatic N) is 2. The third kappa shape index (κ3) is 3.56. The van der Waals surface area contributed by atoms with Crippen LogP contribution in [0.5, 0.6) is 5.75 Å². The number of benzene rings is 1. The van der Waals surface area contributed by atoms with E-state index in [1.54, 1.807) is 0 Å². The molecule has 19 heavy (non-hydrogen) atoms. The molecule has 0 aliphatic rings. The molecule has 0 saturated heterocycles. The van der Waals surface area contributed by atoms with Gasteiger partial charge in [-0.15, -0.1) is 0 Å². The summed E-state index contributed by atoms with van der Waals surface area (Å²) in [4.78, 5) is 7.54. The predicted octanol–water partition coefficient (Wildman–Crippen LogP) is 2.02. The van der Waals surface area contributed by atoms with E-state index in [0.717, 1.165) is 5.56 Å². The van der Waals surface area contributed by atoms with Crippen LogP contribution in [-0.4, -0.2) is 33.3 Å². The summed E-state index contributed by atoms with van der Waals surface area (Å²) >= 11 is 5.66. The number of hydrogen-bond acceptors (Lipinski definition) is 5. The number of nitrogens with one attached hydrogen (secondary N) is 1. The Morgan fingerprint density at radius 3 is 2.68 bits per heavy atom. The van der Waals surface area contributed by atoms with Gasteiger partial charge in [-0.3, -0.25) is 0 Å². The lowest BCUT2D eigenvalue weighted by Gasteiger charge is -2.16. The molecule has 0 aliphatic heterocycles. The van der Waals surface area contributed by atoms with Crippen molar-refractivity contribution in [2.75, 3.05) is 18.5 Å². The minimum Gasteiger partial charge on any atom is -0.503 e. The van der Waals surface area contributed by atoms with Crippen molar-refractivity contribution in [3.8, 4) is 5.75 Å². The standard InChI is InChI=1S/C13H14ClN3O2/c14-13-16-7-11(19)12(17-13)15-6-10(8-18)9-4-2-1-3-5-9/h1-5,7,10,18-19H,6,8H2,(H,15,16,17)/t10-/m1/s1. The summed E-state index contributed by atoms with van der Waals surface area (Å²) < 4.78 is 0. The third-order valence-corrected chi connectivity index (χ3v) is 2.93. The molecule has 100 valence electrons. The van der Waals surface area contributed by atoms with Crippen LogP contribution in [0.3, 0.4) is 0 Å². The normalized spacial score (nSPS) is 12.1. The maximum absolute atomic E-state index is 9.58. The van der Waals surface area contributed by atoms with Crippen LogP contribution >= 0.6 is 11.6 Å². The van der Waals surface area contributed by atoms with Crippen LogP contribution in [0.4, 0.5) is 5.82 Å². The minimum atomic E-state index is -0.0886. The van der Waals surface area contributed by atoms with Gasteiger partial charge in [-0.1, -0.05) is 30.3 Å². The van der Waals surface area contributed by atoms with Crippen LogP contribution in [0.25, 0.3) is 0 Å². The molecule has 0 unspecified atom stereocenters. The topological polar surface area (TPSA) is 78.3 Å². The zero-order valence-electron chi connectivity index (χ0n) is 10.1. The first-order chi connectivity index (χ1) is 9.20. The Labute approximate surface area is 115 Å². The molecule has 1 heterocycles. The fourth-order valence-electron chi connectivity index (χ4n) is 1.72. The van der Waals surface area contributed by atoms with Crippen molar-refractivity contribution in [1.29, 1.82) is 0 Å². The van der Waals surface area contributed by atoms with E-state index in [2.05, 4.69) is 15.3 Å². The van der Waals surface area contributed by atoms with E-state index < -0.39 is 0 Å². The summed E-state index contributed by atoms with van der Waals surface area (Å²) in [6.07, 6.45) is 1.23. The second-order valence-corrected chi connectivity index (χ2v) is 4.38. The van der Waals surface area contributed by atoms with Crippen molar-refractivity contribution in [2.24, 2.45) is 0 Å². The highest BCUT2D eigenvalue weighted by Crippen LogP contribution is 2.22. The van der Waals surface area contributed by atoms with Gasteiger partial charge in [0.25, 0.3) is 0 Å². The number of rotatable bonds is 5. The Morgan fingerprint density at radius 1 is 1.26 bits per heavy atom. The zero-order valence-corrected chi connectivity index (χ0v) is 10.9. The first kappa shape index (κ1) is 13.6. The molecule has 3 N–H and O–H groups in total. The Kier molecular flexibility index (Phi) is 4.54. The molecular formula is C13H14ClN3O2. The molecule has 6 heteroatoms. The zero-order chi connectivity index (χ0) is 13.7. The van der Waals surface area contributed by atoms with Gasteiger partial charge in [-0.2, -0.15) is 4.98 Å². The third-order valence-electron chi connectivity index (χ3n) is 2.75. The Balaban J connectivity index is 2.06. The van der Waals surface area contributed by atoms with Crippen molar-refractivity contribution < 1.29 is 10.2 Å². The number of aliphatic hydroxyl groups is 1. The number of aromatic nitrogens is 2. The van der Waals surface area contributed by atoms with Crippen molar-refractivity contribution in [3.05, 3.63) is 47.4 Å². The van der Waals surface area contributed by atoms with Gasteiger partial charge in [-0.05, 0) is 17.2 Å². The van der Waals surface area contributed by atoms with E-state index in [1.165, 1.54) is 6.20 Å². The van der Waals surface area contributed by atoms with E-state index in [0.29, 0.717) is 6.54 Å². The molecule has 0 aliphatic carbocycles. The van der Waals surface area contributed by atoms with Gasteiger partial charge in [0.05, 0.1) is 12.8 Å². The van der Waals surface area contributed by atoms with Crippen molar-refractivity contribution >= 4 is 17.4 Å². The highest BCUT2D eigenvalue weighted by molar-refractivity contribution is 6.28. The number of anilines is 1.